The fourth-order valence-corrected chi connectivity index (χ4v) is 1.98. The van der Waals surface area contributed by atoms with Gasteiger partial charge in [0.1, 0.15) is 5.82 Å². The Morgan fingerprint density at radius 1 is 1.11 bits per heavy atom. The molecule has 0 atom stereocenters. The number of rotatable bonds is 4. The molecule has 0 amide bonds. The first-order valence-electron chi connectivity index (χ1n) is 6.78. The van der Waals surface area contributed by atoms with Gasteiger partial charge in [-0.15, -0.1) is 0 Å². The molecule has 19 heavy (non-hydrogen) atoms. The van der Waals surface area contributed by atoms with Crippen LogP contribution in [-0.4, -0.2) is 30.7 Å². The molecule has 3 nitrogen and oxygen atoms in total. The molecule has 1 N–H and O–H groups in total. The lowest BCUT2D eigenvalue weighted by Crippen LogP contribution is -2.40. The second kappa shape index (κ2) is 5.57. The Bertz CT molecular complexity index is 543. The van der Waals surface area contributed by atoms with Crippen LogP contribution in [0.1, 0.15) is 20.8 Å². The van der Waals surface area contributed by atoms with E-state index in [1.165, 1.54) is 5.39 Å². The van der Waals surface area contributed by atoms with Crippen molar-refractivity contribution in [3.05, 3.63) is 36.4 Å². The van der Waals surface area contributed by atoms with Gasteiger partial charge in [0.25, 0.3) is 0 Å². The van der Waals surface area contributed by atoms with Crippen molar-refractivity contribution in [2.45, 2.75) is 26.3 Å². The molecule has 1 aromatic heterocycles. The summed E-state index contributed by atoms with van der Waals surface area (Å²) >= 11 is 0. The van der Waals surface area contributed by atoms with Gasteiger partial charge in [-0.2, -0.15) is 0 Å². The second-order valence-electron chi connectivity index (χ2n) is 5.96. The normalized spacial score (nSPS) is 11.8. The van der Waals surface area contributed by atoms with Crippen LogP contribution in [0.3, 0.4) is 0 Å². The summed E-state index contributed by atoms with van der Waals surface area (Å²) in [7, 11) is 2.08. The fraction of sp³-hybridized carbons (Fsp3) is 0.438. The highest BCUT2D eigenvalue weighted by molar-refractivity contribution is 5.80. The predicted octanol–water partition coefficient (Wildman–Crippen LogP) is 3.06. The van der Waals surface area contributed by atoms with Crippen molar-refractivity contribution >= 4 is 16.7 Å². The van der Waals surface area contributed by atoms with Gasteiger partial charge in [-0.1, -0.05) is 18.2 Å². The topological polar surface area (TPSA) is 28.2 Å². The zero-order valence-corrected chi connectivity index (χ0v) is 12.3. The Hall–Kier alpha value is -1.61. The van der Waals surface area contributed by atoms with E-state index in [4.69, 9.17) is 0 Å². The number of para-hydroxylation sites is 1. The lowest BCUT2D eigenvalue weighted by Gasteiger charge is -2.24. The first-order valence-corrected chi connectivity index (χ1v) is 6.78. The van der Waals surface area contributed by atoms with Crippen molar-refractivity contribution in [3.8, 4) is 0 Å². The molecule has 2 aromatic rings. The Morgan fingerprint density at radius 2 is 1.84 bits per heavy atom. The summed E-state index contributed by atoms with van der Waals surface area (Å²) in [5, 5.41) is 4.68. The van der Waals surface area contributed by atoms with Crippen LogP contribution in [0.2, 0.25) is 0 Å². The van der Waals surface area contributed by atoms with E-state index in [1.54, 1.807) is 0 Å². The summed E-state index contributed by atoms with van der Waals surface area (Å²) in [6.07, 6.45) is 0. The molecule has 3 heteroatoms. The van der Waals surface area contributed by atoms with Gasteiger partial charge in [0.2, 0.25) is 0 Å². The number of anilines is 1. The highest BCUT2D eigenvalue weighted by Gasteiger charge is 2.09. The maximum Gasteiger partial charge on any atom is 0.129 e. The van der Waals surface area contributed by atoms with E-state index in [0.717, 1.165) is 24.4 Å². The third-order valence-electron chi connectivity index (χ3n) is 3.08. The molecule has 0 aliphatic heterocycles. The van der Waals surface area contributed by atoms with Crippen molar-refractivity contribution in [3.63, 3.8) is 0 Å². The Balaban J connectivity index is 2.03. The lowest BCUT2D eigenvalue weighted by atomic mass is 10.1. The largest absolute Gasteiger partial charge is 0.358 e. The van der Waals surface area contributed by atoms with Crippen molar-refractivity contribution in [1.29, 1.82) is 0 Å². The monoisotopic (exact) mass is 257 g/mol. The van der Waals surface area contributed by atoms with E-state index in [1.807, 2.05) is 12.1 Å². The fourth-order valence-electron chi connectivity index (χ4n) is 1.98. The highest BCUT2D eigenvalue weighted by atomic mass is 15.2. The van der Waals surface area contributed by atoms with Gasteiger partial charge >= 0.3 is 0 Å². The summed E-state index contributed by atoms with van der Waals surface area (Å²) in [6.45, 7) is 8.45. The first-order chi connectivity index (χ1) is 8.96. The van der Waals surface area contributed by atoms with Gasteiger partial charge in [-0.3, -0.25) is 0 Å². The van der Waals surface area contributed by atoms with Gasteiger partial charge in [-0.25, -0.2) is 4.98 Å². The molecule has 0 saturated heterocycles. The standard InChI is InChI=1S/C16H23N3/c1-16(2,3)17-11-12-19(4)15-10-9-13-7-5-6-8-14(13)18-15/h5-10,17H,11-12H2,1-4H3. The molecular weight excluding hydrogens is 234 g/mol. The molecule has 0 unspecified atom stereocenters. The van der Waals surface area contributed by atoms with Crippen LogP contribution < -0.4 is 10.2 Å². The minimum atomic E-state index is 0.164. The third-order valence-corrected chi connectivity index (χ3v) is 3.08. The third kappa shape index (κ3) is 3.93. The summed E-state index contributed by atoms with van der Waals surface area (Å²) in [4.78, 5) is 6.87. The number of likely N-dealkylation sites (N-methyl/N-ethyl adjacent to an activating group) is 1. The summed E-state index contributed by atoms with van der Waals surface area (Å²) in [6, 6.07) is 12.4. The number of pyridine rings is 1. The molecule has 0 spiro atoms. The lowest BCUT2D eigenvalue weighted by molar-refractivity contribution is 0.430. The minimum absolute atomic E-state index is 0.164. The van der Waals surface area contributed by atoms with Gasteiger partial charge in [0.05, 0.1) is 5.52 Å². The smallest absolute Gasteiger partial charge is 0.129 e. The first kappa shape index (κ1) is 13.8. The van der Waals surface area contributed by atoms with E-state index in [0.29, 0.717) is 0 Å². The zero-order valence-electron chi connectivity index (χ0n) is 12.3. The van der Waals surface area contributed by atoms with Crippen LogP contribution in [-0.2, 0) is 0 Å². The summed E-state index contributed by atoms with van der Waals surface area (Å²) < 4.78 is 0. The molecule has 0 saturated carbocycles. The van der Waals surface area contributed by atoms with Gasteiger partial charge < -0.3 is 10.2 Å². The highest BCUT2D eigenvalue weighted by Crippen LogP contribution is 2.16. The molecule has 102 valence electrons. The van der Waals surface area contributed by atoms with E-state index >= 15 is 0 Å². The SMILES string of the molecule is CN(CCNC(C)(C)C)c1ccc2ccccc2n1. The molecule has 0 radical (unpaired) electrons. The summed E-state index contributed by atoms with van der Waals surface area (Å²) in [5.41, 5.74) is 1.22. The van der Waals surface area contributed by atoms with Crippen LogP contribution >= 0.6 is 0 Å². The number of nitrogens with zero attached hydrogens (tertiary/aromatic N) is 2. The van der Waals surface area contributed by atoms with Gasteiger partial charge in [0, 0.05) is 31.1 Å². The Labute approximate surface area is 115 Å². The summed E-state index contributed by atoms with van der Waals surface area (Å²) in [5.74, 6) is 1.02. The van der Waals surface area contributed by atoms with E-state index in [2.05, 4.69) is 67.3 Å². The van der Waals surface area contributed by atoms with Gasteiger partial charge in [-0.05, 0) is 39.0 Å². The number of fused-ring (bicyclic) bond motifs is 1. The quantitative estimate of drug-likeness (QED) is 0.912. The molecule has 2 rings (SSSR count). The van der Waals surface area contributed by atoms with E-state index < -0.39 is 0 Å². The molecule has 0 bridgehead atoms. The molecule has 0 fully saturated rings. The van der Waals surface area contributed by atoms with Crippen molar-refractivity contribution in [2.24, 2.45) is 0 Å². The molecule has 1 aromatic carbocycles. The molecule has 0 aliphatic carbocycles. The maximum atomic E-state index is 4.69. The van der Waals surface area contributed by atoms with Crippen LogP contribution in [0.4, 0.5) is 5.82 Å². The van der Waals surface area contributed by atoms with Gasteiger partial charge in [0.15, 0.2) is 0 Å². The predicted molar refractivity (Wildman–Crippen MR) is 82.8 cm³/mol. The average molecular weight is 257 g/mol. The molecule has 0 aliphatic rings. The second-order valence-corrected chi connectivity index (χ2v) is 5.96. The van der Waals surface area contributed by atoms with Crippen LogP contribution in [0, 0.1) is 0 Å². The zero-order chi connectivity index (χ0) is 13.9. The van der Waals surface area contributed by atoms with Crippen molar-refractivity contribution in [1.82, 2.24) is 10.3 Å². The van der Waals surface area contributed by atoms with Crippen LogP contribution in [0.15, 0.2) is 36.4 Å². The number of nitrogens with one attached hydrogen (secondary N) is 1. The van der Waals surface area contributed by atoms with E-state index in [9.17, 15) is 0 Å². The maximum absolute atomic E-state index is 4.69. The number of hydrogen-bond acceptors (Lipinski definition) is 3. The number of benzene rings is 1. The average Bonchev–Trinajstić information content (AvgIpc) is 2.36. The van der Waals surface area contributed by atoms with Crippen molar-refractivity contribution in [2.75, 3.05) is 25.0 Å². The van der Waals surface area contributed by atoms with Crippen LogP contribution in [0.25, 0.3) is 10.9 Å². The van der Waals surface area contributed by atoms with E-state index in [-0.39, 0.29) is 5.54 Å². The number of hydrogen-bond donors (Lipinski definition) is 1. The Kier molecular flexibility index (Phi) is 4.05. The van der Waals surface area contributed by atoms with Crippen LogP contribution in [0.5, 0.6) is 0 Å². The molecular formula is C16H23N3. The minimum Gasteiger partial charge on any atom is -0.358 e. The number of aromatic nitrogens is 1. The Morgan fingerprint density at radius 3 is 2.58 bits per heavy atom. The van der Waals surface area contributed by atoms with Crippen molar-refractivity contribution < 1.29 is 0 Å². The molecule has 1 heterocycles.